The van der Waals surface area contributed by atoms with Gasteiger partial charge in [-0.2, -0.15) is 0 Å². The number of methoxy groups -OCH3 is 4. The van der Waals surface area contributed by atoms with Gasteiger partial charge in [0.2, 0.25) is 0 Å². The van der Waals surface area contributed by atoms with E-state index >= 15 is 0 Å². The normalized spacial score (nSPS) is 14.9. The van der Waals surface area contributed by atoms with Gasteiger partial charge in [-0.1, -0.05) is 24.7 Å². The molecule has 2 aromatic carbocycles. The largest absolute Gasteiger partial charge is 0.497 e. The predicted octanol–water partition coefficient (Wildman–Crippen LogP) is 3.61. The van der Waals surface area contributed by atoms with Gasteiger partial charge in [0.25, 0.3) is 5.56 Å². The van der Waals surface area contributed by atoms with Crippen LogP contribution in [-0.4, -0.2) is 45.6 Å². The molecule has 4 rings (SSSR count). The molecule has 9 nitrogen and oxygen atoms in total. The van der Waals surface area contributed by atoms with E-state index in [9.17, 15) is 9.59 Å². The maximum atomic E-state index is 14.0. The van der Waals surface area contributed by atoms with E-state index < -0.39 is 12.0 Å². The van der Waals surface area contributed by atoms with Crippen LogP contribution < -0.4 is 33.8 Å². The molecule has 0 aliphatic carbocycles. The number of hydrogen-bond acceptors (Lipinski definition) is 9. The highest BCUT2D eigenvalue weighted by Crippen LogP contribution is 2.38. The van der Waals surface area contributed by atoms with Gasteiger partial charge >= 0.3 is 5.97 Å². The van der Waals surface area contributed by atoms with E-state index in [2.05, 4.69) is 0 Å². The molecule has 0 spiro atoms. The van der Waals surface area contributed by atoms with Gasteiger partial charge in [-0.05, 0) is 49.8 Å². The Bertz CT molecular complexity index is 1590. The van der Waals surface area contributed by atoms with Gasteiger partial charge in [0.05, 0.1) is 50.8 Å². The summed E-state index contributed by atoms with van der Waals surface area (Å²) in [4.78, 5) is 32.7. The van der Waals surface area contributed by atoms with Crippen LogP contribution in [0.1, 0.15) is 43.9 Å². The number of fused-ring (bicyclic) bond motifs is 1. The number of thiazole rings is 1. The molecule has 1 aromatic heterocycles. The van der Waals surface area contributed by atoms with E-state index in [4.69, 9.17) is 28.7 Å². The number of rotatable bonds is 10. The number of carbonyl (C=O) groups excluding carboxylic acids is 1. The number of esters is 1. The average molecular weight is 553 g/mol. The predicted molar refractivity (Wildman–Crippen MR) is 149 cm³/mol. The first-order chi connectivity index (χ1) is 18.9. The summed E-state index contributed by atoms with van der Waals surface area (Å²) in [6.07, 6.45) is 3.05. The number of benzene rings is 2. The van der Waals surface area contributed by atoms with Gasteiger partial charge in [-0.25, -0.2) is 9.79 Å². The summed E-state index contributed by atoms with van der Waals surface area (Å²) in [6, 6.07) is 9.86. The molecule has 1 aliphatic rings. The first-order valence-electron chi connectivity index (χ1n) is 12.6. The topological polar surface area (TPSA) is 97.6 Å². The molecular formula is C29H32N2O7S. The van der Waals surface area contributed by atoms with E-state index in [0.29, 0.717) is 61.1 Å². The molecule has 0 saturated carbocycles. The number of allylic oxidation sites excluding steroid dienone is 1. The lowest BCUT2D eigenvalue weighted by Gasteiger charge is -2.27. The molecule has 0 saturated heterocycles. The highest BCUT2D eigenvalue weighted by atomic mass is 32.1. The van der Waals surface area contributed by atoms with Gasteiger partial charge in [0, 0.05) is 17.2 Å². The van der Waals surface area contributed by atoms with Crippen LogP contribution in [0.2, 0.25) is 0 Å². The molecule has 0 unspecified atom stereocenters. The third kappa shape index (κ3) is 5.42. The van der Waals surface area contributed by atoms with Crippen molar-refractivity contribution in [1.82, 2.24) is 4.57 Å². The Morgan fingerprint density at radius 1 is 0.974 bits per heavy atom. The fraction of sp³-hybridized carbons (Fsp3) is 0.345. The zero-order chi connectivity index (χ0) is 28.1. The van der Waals surface area contributed by atoms with Gasteiger partial charge in [-0.3, -0.25) is 9.36 Å². The zero-order valence-electron chi connectivity index (χ0n) is 22.9. The zero-order valence-corrected chi connectivity index (χ0v) is 23.7. The Morgan fingerprint density at radius 2 is 1.67 bits per heavy atom. The van der Waals surface area contributed by atoms with Crippen LogP contribution in [0.3, 0.4) is 0 Å². The third-order valence-corrected chi connectivity index (χ3v) is 7.33. The van der Waals surface area contributed by atoms with Crippen molar-refractivity contribution in [2.75, 3.05) is 35.0 Å². The number of ether oxygens (including phenoxy) is 5. The van der Waals surface area contributed by atoms with Crippen molar-refractivity contribution in [3.05, 3.63) is 78.5 Å². The number of carbonyl (C=O) groups is 1. The monoisotopic (exact) mass is 552 g/mol. The molecule has 10 heteroatoms. The molecule has 1 aliphatic heterocycles. The maximum Gasteiger partial charge on any atom is 0.338 e. The van der Waals surface area contributed by atoms with Crippen LogP contribution in [0.5, 0.6) is 23.0 Å². The van der Waals surface area contributed by atoms with Crippen LogP contribution in [-0.2, 0) is 9.53 Å². The van der Waals surface area contributed by atoms with Crippen LogP contribution in [0.15, 0.2) is 57.5 Å². The fourth-order valence-corrected chi connectivity index (χ4v) is 5.56. The van der Waals surface area contributed by atoms with Crippen molar-refractivity contribution < 1.29 is 28.5 Å². The second kappa shape index (κ2) is 12.2. The second-order valence-electron chi connectivity index (χ2n) is 8.63. The van der Waals surface area contributed by atoms with Crippen molar-refractivity contribution in [1.29, 1.82) is 0 Å². The van der Waals surface area contributed by atoms with Crippen LogP contribution in [0.25, 0.3) is 6.08 Å². The minimum atomic E-state index is -0.827. The molecule has 1 atom stereocenters. The molecule has 39 heavy (non-hydrogen) atoms. The molecule has 2 heterocycles. The lowest BCUT2D eigenvalue weighted by molar-refractivity contribution is -0.139. The second-order valence-corrected chi connectivity index (χ2v) is 9.64. The van der Waals surface area contributed by atoms with Gasteiger partial charge in [-0.15, -0.1) is 0 Å². The average Bonchev–Trinajstić information content (AvgIpc) is 3.26. The van der Waals surface area contributed by atoms with E-state index in [-0.39, 0.29) is 12.2 Å². The molecule has 0 N–H and O–H groups in total. The number of nitrogens with zero attached hydrogens (tertiary/aromatic N) is 2. The molecule has 0 radical (unpaired) electrons. The Kier molecular flexibility index (Phi) is 8.75. The molecule has 0 fully saturated rings. The Hall–Kier alpha value is -4.05. The van der Waals surface area contributed by atoms with Crippen molar-refractivity contribution in [2.24, 2.45) is 4.99 Å². The van der Waals surface area contributed by atoms with E-state index in [1.54, 1.807) is 71.8 Å². The summed E-state index contributed by atoms with van der Waals surface area (Å²) in [5, 5.41) is 0. The highest BCUT2D eigenvalue weighted by Gasteiger charge is 2.36. The lowest BCUT2D eigenvalue weighted by Crippen LogP contribution is -2.40. The van der Waals surface area contributed by atoms with Crippen LogP contribution in [0, 0.1) is 0 Å². The van der Waals surface area contributed by atoms with Gasteiger partial charge in [0.15, 0.2) is 4.80 Å². The summed E-state index contributed by atoms with van der Waals surface area (Å²) < 4.78 is 29.4. The lowest BCUT2D eigenvalue weighted by atomic mass is 9.93. The Balaban J connectivity index is 2.05. The van der Waals surface area contributed by atoms with Gasteiger partial charge in [0.1, 0.15) is 29.0 Å². The van der Waals surface area contributed by atoms with E-state index in [1.165, 1.54) is 15.9 Å². The Morgan fingerprint density at radius 3 is 2.31 bits per heavy atom. The molecule has 0 amide bonds. The first-order valence-corrected chi connectivity index (χ1v) is 13.4. The fourth-order valence-electron chi connectivity index (χ4n) is 4.55. The number of hydrogen-bond donors (Lipinski definition) is 0. The van der Waals surface area contributed by atoms with Crippen molar-refractivity contribution >= 4 is 23.4 Å². The quantitative estimate of drug-likeness (QED) is 0.355. The highest BCUT2D eigenvalue weighted by molar-refractivity contribution is 7.07. The maximum absolute atomic E-state index is 14.0. The van der Waals surface area contributed by atoms with Crippen molar-refractivity contribution in [3.8, 4) is 23.0 Å². The first kappa shape index (κ1) is 28.0. The minimum Gasteiger partial charge on any atom is -0.497 e. The van der Waals surface area contributed by atoms with E-state index in [1.807, 2.05) is 13.0 Å². The van der Waals surface area contributed by atoms with Crippen LogP contribution in [0.4, 0.5) is 0 Å². The molecule has 206 valence electrons. The standard InChI is InChI=1S/C29H32N2O7S/c1-7-9-21-25(28(33)38-8-2)26(20-15-18(34-3)12-13-22(20)36-5)31-27(32)24(39-29(31)30-21)14-17-10-11-19(35-4)16-23(17)37-6/h10-16,26H,7-9H2,1-6H3/b24-14-/t26-/m1/s1. The van der Waals surface area contributed by atoms with Crippen LogP contribution >= 0.6 is 11.3 Å². The molecule has 0 bridgehead atoms. The number of aromatic nitrogens is 1. The van der Waals surface area contributed by atoms with Crippen molar-refractivity contribution in [2.45, 2.75) is 32.7 Å². The Labute approximate surface area is 230 Å². The summed E-state index contributed by atoms with van der Waals surface area (Å²) in [7, 11) is 6.25. The molecule has 3 aromatic rings. The van der Waals surface area contributed by atoms with E-state index in [0.717, 1.165) is 6.42 Å². The smallest absolute Gasteiger partial charge is 0.338 e. The minimum absolute atomic E-state index is 0.186. The molecular weight excluding hydrogens is 520 g/mol. The third-order valence-electron chi connectivity index (χ3n) is 6.35. The van der Waals surface area contributed by atoms with Crippen molar-refractivity contribution in [3.63, 3.8) is 0 Å². The summed E-state index contributed by atoms with van der Waals surface area (Å²) in [5.41, 5.74) is 1.89. The summed E-state index contributed by atoms with van der Waals surface area (Å²) in [6.45, 7) is 3.94. The SMILES string of the molecule is CCCC1=C(C(=O)OCC)[C@@H](c2cc(OC)ccc2OC)n2c(s/c(=C\c3ccc(OC)cc3OC)c2=O)=N1. The summed E-state index contributed by atoms with van der Waals surface area (Å²) >= 11 is 1.25. The summed E-state index contributed by atoms with van der Waals surface area (Å²) in [5.74, 6) is 1.74. The van der Waals surface area contributed by atoms with Gasteiger partial charge < -0.3 is 23.7 Å².